The molecule has 22 heavy (non-hydrogen) atoms. The minimum Gasteiger partial charge on any atom is -0.329 e. The van der Waals surface area contributed by atoms with E-state index in [1.807, 2.05) is 0 Å². The van der Waals surface area contributed by atoms with Crippen molar-refractivity contribution in [2.24, 2.45) is 0 Å². The summed E-state index contributed by atoms with van der Waals surface area (Å²) >= 11 is 0.874. The molecule has 2 N–H and O–H groups in total. The van der Waals surface area contributed by atoms with E-state index in [2.05, 4.69) is 20.6 Å². The van der Waals surface area contributed by atoms with E-state index in [1.165, 1.54) is 12.4 Å². The van der Waals surface area contributed by atoms with Crippen LogP contribution in [0.3, 0.4) is 0 Å². The molecule has 2 aromatic heterocycles. The standard InChI is InChI=1S/C13H13F3N4OS/c1-2-9(11-20-10(7-22-11)13(14,15)16)19-12(21)18-8-3-5-17-6-4-8/h3-7,9H,2H2,1H3,(H2,17,18,19,21)/t9-/m0/s1. The van der Waals surface area contributed by atoms with Crippen molar-refractivity contribution in [2.45, 2.75) is 25.6 Å². The molecule has 0 saturated heterocycles. The second-order valence-corrected chi connectivity index (χ2v) is 5.25. The smallest absolute Gasteiger partial charge is 0.329 e. The third-order valence-corrected chi connectivity index (χ3v) is 3.72. The van der Waals surface area contributed by atoms with E-state index in [9.17, 15) is 18.0 Å². The van der Waals surface area contributed by atoms with Gasteiger partial charge in [-0.2, -0.15) is 13.2 Å². The molecule has 0 spiro atoms. The number of nitrogens with one attached hydrogen (secondary N) is 2. The molecule has 0 aliphatic carbocycles. The number of nitrogens with zero attached hydrogens (tertiary/aromatic N) is 2. The number of carbonyl (C=O) groups is 1. The molecule has 0 aliphatic heterocycles. The summed E-state index contributed by atoms with van der Waals surface area (Å²) in [4.78, 5) is 19.2. The van der Waals surface area contributed by atoms with Gasteiger partial charge in [0.25, 0.3) is 0 Å². The second-order valence-electron chi connectivity index (χ2n) is 4.36. The lowest BCUT2D eigenvalue weighted by molar-refractivity contribution is -0.140. The van der Waals surface area contributed by atoms with Gasteiger partial charge >= 0.3 is 12.2 Å². The molecule has 2 rings (SSSR count). The first-order valence-corrected chi connectivity index (χ1v) is 7.28. The van der Waals surface area contributed by atoms with Gasteiger partial charge in [0.2, 0.25) is 0 Å². The Morgan fingerprint density at radius 1 is 1.36 bits per heavy atom. The molecule has 0 radical (unpaired) electrons. The van der Waals surface area contributed by atoms with Crippen molar-refractivity contribution in [3.8, 4) is 0 Å². The van der Waals surface area contributed by atoms with E-state index in [1.54, 1.807) is 19.1 Å². The fourth-order valence-electron chi connectivity index (χ4n) is 1.68. The SMILES string of the molecule is CC[C@H](NC(=O)Nc1ccncc1)c1nc(C(F)(F)F)cs1. The Bertz CT molecular complexity index is 630. The highest BCUT2D eigenvalue weighted by atomic mass is 32.1. The van der Waals surface area contributed by atoms with Crippen molar-refractivity contribution in [3.63, 3.8) is 0 Å². The van der Waals surface area contributed by atoms with Gasteiger partial charge in [0, 0.05) is 23.5 Å². The molecule has 0 aliphatic rings. The van der Waals surface area contributed by atoms with Crippen LogP contribution in [-0.4, -0.2) is 16.0 Å². The van der Waals surface area contributed by atoms with Crippen LogP contribution >= 0.6 is 11.3 Å². The minimum atomic E-state index is -4.48. The van der Waals surface area contributed by atoms with Crippen LogP contribution in [0.1, 0.15) is 30.1 Å². The first kappa shape index (κ1) is 16.2. The molecule has 118 valence electrons. The summed E-state index contributed by atoms with van der Waals surface area (Å²) in [5.74, 6) is 0. The summed E-state index contributed by atoms with van der Waals surface area (Å²) in [6.07, 6.45) is -1.02. The number of halogens is 3. The minimum absolute atomic E-state index is 0.222. The molecule has 2 amide bonds. The van der Waals surface area contributed by atoms with Gasteiger partial charge in [0.05, 0.1) is 6.04 Å². The number of thiazole rings is 1. The van der Waals surface area contributed by atoms with E-state index in [0.717, 1.165) is 16.7 Å². The second kappa shape index (κ2) is 6.73. The van der Waals surface area contributed by atoms with Crippen molar-refractivity contribution in [3.05, 3.63) is 40.6 Å². The van der Waals surface area contributed by atoms with Crippen molar-refractivity contribution in [2.75, 3.05) is 5.32 Å². The zero-order valence-corrected chi connectivity index (χ0v) is 12.3. The average Bonchev–Trinajstić information content (AvgIpc) is 2.95. The maximum absolute atomic E-state index is 12.6. The van der Waals surface area contributed by atoms with Crippen LogP contribution in [0.4, 0.5) is 23.7 Å². The van der Waals surface area contributed by atoms with E-state index in [4.69, 9.17) is 0 Å². The van der Waals surface area contributed by atoms with Crippen LogP contribution in [0, 0.1) is 0 Å². The Morgan fingerprint density at radius 2 is 2.05 bits per heavy atom. The highest BCUT2D eigenvalue weighted by molar-refractivity contribution is 7.09. The first-order chi connectivity index (χ1) is 10.4. The molecule has 5 nitrogen and oxygen atoms in total. The fraction of sp³-hybridized carbons (Fsp3) is 0.308. The Kier molecular flexibility index (Phi) is 4.96. The van der Waals surface area contributed by atoms with Crippen LogP contribution in [0.25, 0.3) is 0 Å². The van der Waals surface area contributed by atoms with Crippen molar-refractivity contribution < 1.29 is 18.0 Å². The molecular formula is C13H13F3N4OS. The maximum atomic E-state index is 12.6. The van der Waals surface area contributed by atoms with Crippen molar-refractivity contribution in [1.82, 2.24) is 15.3 Å². The van der Waals surface area contributed by atoms with E-state index in [0.29, 0.717) is 12.1 Å². The summed E-state index contributed by atoms with van der Waals surface area (Å²) in [6, 6.07) is 2.11. The number of hydrogen-bond acceptors (Lipinski definition) is 4. The predicted octanol–water partition coefficient (Wildman–Crippen LogP) is 3.83. The molecular weight excluding hydrogens is 317 g/mol. The lowest BCUT2D eigenvalue weighted by Crippen LogP contribution is -2.32. The van der Waals surface area contributed by atoms with Crippen LogP contribution in [0.5, 0.6) is 0 Å². The van der Waals surface area contributed by atoms with Gasteiger partial charge in [-0.15, -0.1) is 11.3 Å². The van der Waals surface area contributed by atoms with E-state index < -0.39 is 23.9 Å². The van der Waals surface area contributed by atoms with Gasteiger partial charge in [-0.25, -0.2) is 9.78 Å². The van der Waals surface area contributed by atoms with Gasteiger partial charge in [-0.1, -0.05) is 6.92 Å². The molecule has 1 atom stereocenters. The van der Waals surface area contributed by atoms with E-state index >= 15 is 0 Å². The lowest BCUT2D eigenvalue weighted by atomic mass is 10.2. The Morgan fingerprint density at radius 3 is 2.59 bits per heavy atom. The monoisotopic (exact) mass is 330 g/mol. The number of anilines is 1. The van der Waals surface area contributed by atoms with Crippen molar-refractivity contribution in [1.29, 1.82) is 0 Å². The lowest BCUT2D eigenvalue weighted by Gasteiger charge is -2.15. The van der Waals surface area contributed by atoms with Crippen molar-refractivity contribution >= 4 is 23.1 Å². The van der Waals surface area contributed by atoms with Crippen LogP contribution in [-0.2, 0) is 6.18 Å². The maximum Gasteiger partial charge on any atom is 0.434 e. The highest BCUT2D eigenvalue weighted by Crippen LogP contribution is 2.32. The quantitative estimate of drug-likeness (QED) is 0.895. The summed E-state index contributed by atoms with van der Waals surface area (Å²) in [7, 11) is 0. The average molecular weight is 330 g/mol. The van der Waals surface area contributed by atoms with E-state index in [-0.39, 0.29) is 5.01 Å². The summed E-state index contributed by atoms with van der Waals surface area (Å²) in [5, 5.41) is 6.35. The number of carbonyl (C=O) groups excluding carboxylic acids is 1. The number of pyridine rings is 1. The number of aromatic nitrogens is 2. The summed E-state index contributed by atoms with van der Waals surface area (Å²) in [5.41, 5.74) is -0.403. The van der Waals surface area contributed by atoms with Gasteiger partial charge in [-0.3, -0.25) is 4.98 Å². The third-order valence-electron chi connectivity index (χ3n) is 2.76. The molecule has 0 saturated carbocycles. The number of rotatable bonds is 4. The van der Waals surface area contributed by atoms with Gasteiger partial charge in [0.1, 0.15) is 5.01 Å². The van der Waals surface area contributed by atoms with Gasteiger partial charge in [0.15, 0.2) is 5.69 Å². The molecule has 0 bridgehead atoms. The third kappa shape index (κ3) is 4.17. The zero-order chi connectivity index (χ0) is 16.2. The van der Waals surface area contributed by atoms with Crippen LogP contribution in [0.2, 0.25) is 0 Å². The Hall–Kier alpha value is -2.16. The Labute approximate surface area is 128 Å². The van der Waals surface area contributed by atoms with Gasteiger partial charge < -0.3 is 10.6 Å². The summed E-state index contributed by atoms with van der Waals surface area (Å²) in [6.45, 7) is 1.76. The number of urea groups is 1. The number of amides is 2. The molecule has 9 heteroatoms. The Balaban J connectivity index is 2.03. The highest BCUT2D eigenvalue weighted by Gasteiger charge is 2.34. The first-order valence-electron chi connectivity index (χ1n) is 6.40. The normalized spacial score (nSPS) is 12.7. The summed E-state index contributed by atoms with van der Waals surface area (Å²) < 4.78 is 37.7. The topological polar surface area (TPSA) is 66.9 Å². The molecule has 0 aromatic carbocycles. The largest absolute Gasteiger partial charge is 0.434 e. The van der Waals surface area contributed by atoms with Crippen LogP contribution < -0.4 is 10.6 Å². The van der Waals surface area contributed by atoms with Crippen LogP contribution in [0.15, 0.2) is 29.9 Å². The fourth-order valence-corrected chi connectivity index (χ4v) is 2.64. The predicted molar refractivity (Wildman–Crippen MR) is 76.5 cm³/mol. The number of hydrogen-bond donors (Lipinski definition) is 2. The molecule has 2 heterocycles. The van der Waals surface area contributed by atoms with Gasteiger partial charge in [-0.05, 0) is 18.6 Å². The zero-order valence-electron chi connectivity index (χ0n) is 11.5. The molecule has 0 fully saturated rings. The molecule has 2 aromatic rings. The number of alkyl halides is 3. The molecule has 0 unspecified atom stereocenters.